The molecule has 1 heterocycles. The zero-order chi connectivity index (χ0) is 22.2. The fourth-order valence-electron chi connectivity index (χ4n) is 4.45. The third-order valence-corrected chi connectivity index (χ3v) is 6.14. The van der Waals surface area contributed by atoms with E-state index in [1.807, 2.05) is 42.5 Å². The minimum atomic E-state index is 0.673. The van der Waals surface area contributed by atoms with Gasteiger partial charge in [-0.1, -0.05) is 72.3 Å². The van der Waals surface area contributed by atoms with Crippen molar-refractivity contribution in [3.63, 3.8) is 0 Å². The summed E-state index contributed by atoms with van der Waals surface area (Å²) in [6.07, 6.45) is 0. The van der Waals surface area contributed by atoms with Gasteiger partial charge in [-0.25, -0.2) is 0 Å². The van der Waals surface area contributed by atoms with Crippen LogP contribution >= 0.6 is 11.6 Å². The van der Waals surface area contributed by atoms with Gasteiger partial charge >= 0.3 is 0 Å². The summed E-state index contributed by atoms with van der Waals surface area (Å²) < 4.78 is 6.12. The molecular formula is C30H20ClNO. The lowest BCUT2D eigenvalue weighted by Crippen LogP contribution is -2.09. The van der Waals surface area contributed by atoms with Crippen LogP contribution in [0.4, 0.5) is 17.1 Å². The standard InChI is InChI=1S/C30H20ClNO/c31-22-17-18-27-29(20-22)33-28-16-8-15-26(30(27)28)21-9-7-14-25(19-21)32(23-10-3-1-4-11-23)24-12-5-2-6-13-24/h1-20H. The number of hydrogen-bond acceptors (Lipinski definition) is 2. The maximum Gasteiger partial charge on any atom is 0.136 e. The molecule has 0 saturated carbocycles. The maximum absolute atomic E-state index is 6.21. The molecule has 5 aromatic carbocycles. The molecule has 0 radical (unpaired) electrons. The fourth-order valence-corrected chi connectivity index (χ4v) is 4.62. The number of furan rings is 1. The van der Waals surface area contributed by atoms with Gasteiger partial charge in [-0.2, -0.15) is 0 Å². The molecule has 2 nitrogen and oxygen atoms in total. The molecular weight excluding hydrogens is 426 g/mol. The third-order valence-electron chi connectivity index (χ3n) is 5.90. The second-order valence-corrected chi connectivity index (χ2v) is 8.41. The topological polar surface area (TPSA) is 16.4 Å². The van der Waals surface area contributed by atoms with E-state index >= 15 is 0 Å². The van der Waals surface area contributed by atoms with E-state index in [1.54, 1.807) is 0 Å². The smallest absolute Gasteiger partial charge is 0.136 e. The van der Waals surface area contributed by atoms with Crippen molar-refractivity contribution in [2.75, 3.05) is 4.90 Å². The molecule has 0 N–H and O–H groups in total. The number of hydrogen-bond donors (Lipinski definition) is 0. The summed E-state index contributed by atoms with van der Waals surface area (Å²) in [6, 6.07) is 41.6. The second-order valence-electron chi connectivity index (χ2n) is 7.98. The zero-order valence-corrected chi connectivity index (χ0v) is 18.5. The highest BCUT2D eigenvalue weighted by atomic mass is 35.5. The number of halogens is 1. The van der Waals surface area contributed by atoms with Crippen LogP contribution in [-0.4, -0.2) is 0 Å². The summed E-state index contributed by atoms with van der Waals surface area (Å²) >= 11 is 6.21. The number of nitrogens with zero attached hydrogens (tertiary/aromatic N) is 1. The quantitative estimate of drug-likeness (QED) is 0.268. The minimum absolute atomic E-state index is 0.673. The Hall–Kier alpha value is -4.01. The number of benzene rings is 5. The fraction of sp³-hybridized carbons (Fsp3) is 0. The summed E-state index contributed by atoms with van der Waals surface area (Å²) in [6.45, 7) is 0. The SMILES string of the molecule is Clc1ccc2c(c1)oc1cccc(-c3cccc(N(c4ccccc4)c4ccccc4)c3)c12. The molecule has 0 atom stereocenters. The maximum atomic E-state index is 6.21. The van der Waals surface area contributed by atoms with E-state index in [2.05, 4.69) is 83.8 Å². The van der Waals surface area contributed by atoms with Crippen molar-refractivity contribution in [3.8, 4) is 11.1 Å². The van der Waals surface area contributed by atoms with E-state index in [0.29, 0.717) is 5.02 Å². The number of fused-ring (bicyclic) bond motifs is 3. The van der Waals surface area contributed by atoms with Crippen molar-refractivity contribution < 1.29 is 4.42 Å². The normalized spacial score (nSPS) is 11.2. The number of para-hydroxylation sites is 2. The molecule has 6 aromatic rings. The molecule has 6 rings (SSSR count). The molecule has 0 unspecified atom stereocenters. The lowest BCUT2D eigenvalue weighted by atomic mass is 9.98. The molecule has 0 fully saturated rings. The van der Waals surface area contributed by atoms with Crippen LogP contribution in [0.15, 0.2) is 126 Å². The Balaban J connectivity index is 1.55. The molecule has 0 amide bonds. The average Bonchev–Trinajstić information content (AvgIpc) is 3.23. The minimum Gasteiger partial charge on any atom is -0.456 e. The summed E-state index contributed by atoms with van der Waals surface area (Å²) in [5.41, 5.74) is 7.25. The average molecular weight is 446 g/mol. The van der Waals surface area contributed by atoms with Crippen LogP contribution in [0.25, 0.3) is 33.1 Å². The molecule has 0 aliphatic rings. The Morgan fingerprint density at radius 2 is 1.21 bits per heavy atom. The Kier molecular flexibility index (Phi) is 4.86. The molecule has 3 heteroatoms. The van der Waals surface area contributed by atoms with Crippen molar-refractivity contribution in [3.05, 3.63) is 126 Å². The first-order valence-electron chi connectivity index (χ1n) is 10.9. The molecule has 0 bridgehead atoms. The lowest BCUT2D eigenvalue weighted by molar-refractivity contribution is 0.669. The molecule has 0 aliphatic heterocycles. The van der Waals surface area contributed by atoms with Crippen molar-refractivity contribution in [2.24, 2.45) is 0 Å². The van der Waals surface area contributed by atoms with Crippen molar-refractivity contribution >= 4 is 50.6 Å². The summed E-state index contributed by atoms with van der Waals surface area (Å²) in [4.78, 5) is 2.27. The first-order chi connectivity index (χ1) is 16.3. The number of anilines is 3. The third kappa shape index (κ3) is 3.55. The Bertz CT molecular complexity index is 1530. The highest BCUT2D eigenvalue weighted by Crippen LogP contribution is 2.40. The van der Waals surface area contributed by atoms with Gasteiger partial charge in [0.1, 0.15) is 11.2 Å². The Labute approximate surface area is 197 Å². The highest BCUT2D eigenvalue weighted by Gasteiger charge is 2.16. The van der Waals surface area contributed by atoms with Gasteiger partial charge in [-0.15, -0.1) is 0 Å². The largest absolute Gasteiger partial charge is 0.456 e. The summed E-state index contributed by atoms with van der Waals surface area (Å²) in [5.74, 6) is 0. The van der Waals surface area contributed by atoms with Gasteiger partial charge in [-0.3, -0.25) is 0 Å². The monoisotopic (exact) mass is 445 g/mol. The van der Waals surface area contributed by atoms with Gasteiger partial charge in [-0.05, 0) is 65.7 Å². The molecule has 1 aromatic heterocycles. The van der Waals surface area contributed by atoms with Crippen molar-refractivity contribution in [1.29, 1.82) is 0 Å². The van der Waals surface area contributed by atoms with Gasteiger partial charge < -0.3 is 9.32 Å². The van der Waals surface area contributed by atoms with Crippen LogP contribution in [-0.2, 0) is 0 Å². The van der Waals surface area contributed by atoms with Crippen LogP contribution in [0.3, 0.4) is 0 Å². The molecule has 33 heavy (non-hydrogen) atoms. The number of rotatable bonds is 4. The van der Waals surface area contributed by atoms with Crippen LogP contribution in [0.1, 0.15) is 0 Å². The Morgan fingerprint density at radius 1 is 0.545 bits per heavy atom. The predicted molar refractivity (Wildman–Crippen MR) is 139 cm³/mol. The lowest BCUT2D eigenvalue weighted by Gasteiger charge is -2.26. The van der Waals surface area contributed by atoms with Gasteiger partial charge in [0.05, 0.1) is 0 Å². The first-order valence-corrected chi connectivity index (χ1v) is 11.3. The van der Waals surface area contributed by atoms with E-state index in [-0.39, 0.29) is 0 Å². The van der Waals surface area contributed by atoms with Crippen LogP contribution < -0.4 is 4.90 Å². The Morgan fingerprint density at radius 3 is 1.94 bits per heavy atom. The van der Waals surface area contributed by atoms with Crippen molar-refractivity contribution in [1.82, 2.24) is 0 Å². The highest BCUT2D eigenvalue weighted by molar-refractivity contribution is 6.31. The molecule has 0 spiro atoms. The van der Waals surface area contributed by atoms with E-state index < -0.39 is 0 Å². The molecule has 158 valence electrons. The summed E-state index contributed by atoms with van der Waals surface area (Å²) in [7, 11) is 0. The van der Waals surface area contributed by atoms with E-state index in [9.17, 15) is 0 Å². The van der Waals surface area contributed by atoms with Crippen LogP contribution in [0, 0.1) is 0 Å². The molecule has 0 aliphatic carbocycles. The first kappa shape index (κ1) is 19.7. The zero-order valence-electron chi connectivity index (χ0n) is 17.8. The second kappa shape index (κ2) is 8.16. The van der Waals surface area contributed by atoms with Crippen molar-refractivity contribution in [2.45, 2.75) is 0 Å². The van der Waals surface area contributed by atoms with E-state index in [0.717, 1.165) is 50.1 Å². The van der Waals surface area contributed by atoms with Gasteiger partial charge in [0.25, 0.3) is 0 Å². The summed E-state index contributed by atoms with van der Waals surface area (Å²) in [5, 5.41) is 2.84. The van der Waals surface area contributed by atoms with E-state index in [1.165, 1.54) is 0 Å². The van der Waals surface area contributed by atoms with Gasteiger partial charge in [0.2, 0.25) is 0 Å². The van der Waals surface area contributed by atoms with Gasteiger partial charge in [0, 0.05) is 38.9 Å². The van der Waals surface area contributed by atoms with Crippen LogP contribution in [0.2, 0.25) is 5.02 Å². The van der Waals surface area contributed by atoms with Crippen LogP contribution in [0.5, 0.6) is 0 Å². The van der Waals surface area contributed by atoms with E-state index in [4.69, 9.17) is 16.0 Å². The van der Waals surface area contributed by atoms with Gasteiger partial charge in [0.15, 0.2) is 0 Å². The molecule has 0 saturated heterocycles. The predicted octanol–water partition coefficient (Wildman–Crippen LogP) is 9.38.